The van der Waals surface area contributed by atoms with Gasteiger partial charge in [0.1, 0.15) is 6.04 Å². The summed E-state index contributed by atoms with van der Waals surface area (Å²) < 4.78 is 0. The highest BCUT2D eigenvalue weighted by molar-refractivity contribution is 6.24. The van der Waals surface area contributed by atoms with Gasteiger partial charge in [-0.1, -0.05) is 38.8 Å². The quantitative estimate of drug-likeness (QED) is 0.337. The summed E-state index contributed by atoms with van der Waals surface area (Å²) >= 11 is 5.30. The van der Waals surface area contributed by atoms with Crippen molar-refractivity contribution in [2.45, 2.75) is 45.7 Å². The second-order valence-electron chi connectivity index (χ2n) is 6.44. The number of carboxylic acid groups (broad SMARTS) is 1. The van der Waals surface area contributed by atoms with E-state index < -0.39 is 16.9 Å². The van der Waals surface area contributed by atoms with Crippen molar-refractivity contribution in [2.24, 2.45) is 5.92 Å². The molecule has 0 aromatic heterocycles. The Labute approximate surface area is 153 Å². The fourth-order valence-corrected chi connectivity index (χ4v) is 2.82. The van der Waals surface area contributed by atoms with Crippen LogP contribution in [0.5, 0.6) is 0 Å². The minimum absolute atomic E-state index is 0.0266. The van der Waals surface area contributed by atoms with Crippen molar-refractivity contribution in [3.05, 3.63) is 44.8 Å². The van der Waals surface area contributed by atoms with Gasteiger partial charge in [-0.25, -0.2) is 0 Å². The normalized spacial score (nSPS) is 12.5. The molecule has 0 aliphatic rings. The number of nitro benzene ring substituents is 1. The second-order valence-corrected chi connectivity index (χ2v) is 6.68. The molecule has 0 amide bonds. The Morgan fingerprint density at radius 1 is 1.32 bits per heavy atom. The van der Waals surface area contributed by atoms with E-state index >= 15 is 0 Å². The van der Waals surface area contributed by atoms with Crippen molar-refractivity contribution in [3.8, 4) is 0 Å². The molecule has 0 radical (unpaired) electrons. The molecule has 1 aromatic carbocycles. The summed E-state index contributed by atoms with van der Waals surface area (Å²) in [6, 6.07) is 5.64. The van der Waals surface area contributed by atoms with Gasteiger partial charge in [0.2, 0.25) is 0 Å². The molecule has 1 N–H and O–H groups in total. The minimum atomic E-state index is -0.856. The van der Waals surface area contributed by atoms with Crippen LogP contribution in [0.4, 0.5) is 5.69 Å². The lowest BCUT2D eigenvalue weighted by molar-refractivity contribution is -0.384. The first-order valence-electron chi connectivity index (χ1n) is 8.33. The smallest absolute Gasteiger partial charge is 0.320 e. The summed E-state index contributed by atoms with van der Waals surface area (Å²) in [7, 11) is 0. The fraction of sp³-hybridized carbons (Fsp3) is 0.588. The van der Waals surface area contributed by atoms with Gasteiger partial charge >= 0.3 is 5.97 Å². The summed E-state index contributed by atoms with van der Waals surface area (Å²) in [5.41, 5.74) is 0.882. The lowest BCUT2D eigenvalue weighted by atomic mass is 10.0. The molecule has 0 saturated carbocycles. The second kappa shape index (κ2) is 11.0. The standard InChI is InChI=1S/C17H25ClN3O4/c1-13(2)11-20(16(17(22)23)5-3-4-10-19-18)12-14-6-8-15(9-7-14)21(24)25/h6-9,13,16H,3-5,10-12H2,1-2H3,(H,22,23)/q-1. The van der Waals surface area contributed by atoms with Gasteiger partial charge in [0.05, 0.1) is 4.92 Å². The van der Waals surface area contributed by atoms with Crippen molar-refractivity contribution < 1.29 is 14.8 Å². The lowest BCUT2D eigenvalue weighted by Crippen LogP contribution is -2.42. The number of rotatable bonds is 12. The number of benzene rings is 1. The summed E-state index contributed by atoms with van der Waals surface area (Å²) in [5, 5.41) is 20.4. The van der Waals surface area contributed by atoms with E-state index in [9.17, 15) is 20.0 Å². The van der Waals surface area contributed by atoms with E-state index in [1.165, 1.54) is 12.1 Å². The van der Waals surface area contributed by atoms with Crippen molar-refractivity contribution in [1.82, 2.24) is 4.90 Å². The first-order chi connectivity index (χ1) is 11.8. The molecule has 0 bridgehead atoms. The zero-order valence-electron chi connectivity index (χ0n) is 14.6. The molecule has 1 unspecified atom stereocenters. The first kappa shape index (κ1) is 21.3. The van der Waals surface area contributed by atoms with Crippen molar-refractivity contribution in [2.75, 3.05) is 13.1 Å². The van der Waals surface area contributed by atoms with Crippen LogP contribution in [0.25, 0.3) is 4.84 Å². The molecule has 1 aromatic rings. The summed E-state index contributed by atoms with van der Waals surface area (Å²) in [4.78, 5) is 27.5. The third-order valence-corrected chi connectivity index (χ3v) is 4.00. The predicted molar refractivity (Wildman–Crippen MR) is 97.7 cm³/mol. The van der Waals surface area contributed by atoms with Gasteiger partial charge < -0.3 is 9.94 Å². The maximum Gasteiger partial charge on any atom is 0.320 e. The Bertz CT molecular complexity index is 551. The molecular formula is C17H25ClN3O4-. The van der Waals surface area contributed by atoms with Crippen LogP contribution in [0.2, 0.25) is 0 Å². The molecule has 0 spiro atoms. The Morgan fingerprint density at radius 2 is 1.96 bits per heavy atom. The third kappa shape index (κ3) is 7.81. The highest BCUT2D eigenvalue weighted by Gasteiger charge is 2.25. The van der Waals surface area contributed by atoms with E-state index in [0.717, 1.165) is 18.4 Å². The van der Waals surface area contributed by atoms with E-state index in [-0.39, 0.29) is 5.69 Å². The molecule has 25 heavy (non-hydrogen) atoms. The van der Waals surface area contributed by atoms with E-state index in [4.69, 9.17) is 11.8 Å². The predicted octanol–water partition coefficient (Wildman–Crippen LogP) is 4.20. The van der Waals surface area contributed by atoms with E-state index in [2.05, 4.69) is 4.84 Å². The van der Waals surface area contributed by atoms with E-state index in [1.54, 1.807) is 12.1 Å². The molecular weight excluding hydrogens is 346 g/mol. The average molecular weight is 371 g/mol. The van der Waals surface area contributed by atoms with Gasteiger partial charge in [0, 0.05) is 25.2 Å². The number of nitrogens with zero attached hydrogens (tertiary/aromatic N) is 3. The monoisotopic (exact) mass is 370 g/mol. The molecule has 7 nitrogen and oxygen atoms in total. The average Bonchev–Trinajstić information content (AvgIpc) is 2.54. The number of aliphatic carboxylic acids is 1. The summed E-state index contributed by atoms with van der Waals surface area (Å²) in [6.45, 7) is 5.66. The van der Waals surface area contributed by atoms with Gasteiger partial charge in [-0.2, -0.15) is 0 Å². The molecule has 1 atom stereocenters. The molecule has 0 fully saturated rings. The molecule has 8 heteroatoms. The third-order valence-electron chi connectivity index (χ3n) is 3.83. The first-order valence-corrected chi connectivity index (χ1v) is 8.67. The maximum atomic E-state index is 11.7. The zero-order valence-corrected chi connectivity index (χ0v) is 15.4. The summed E-state index contributed by atoms with van der Waals surface area (Å²) in [6.07, 6.45) is 1.99. The number of hydrogen-bond acceptors (Lipinski definition) is 4. The Morgan fingerprint density at radius 3 is 2.44 bits per heavy atom. The van der Waals surface area contributed by atoms with Crippen LogP contribution in [0.3, 0.4) is 0 Å². The van der Waals surface area contributed by atoms with Crippen LogP contribution in [0, 0.1) is 16.0 Å². The van der Waals surface area contributed by atoms with Crippen molar-refractivity contribution >= 4 is 23.4 Å². The van der Waals surface area contributed by atoms with Crippen LogP contribution < -0.4 is 0 Å². The van der Waals surface area contributed by atoms with Crippen LogP contribution >= 0.6 is 11.8 Å². The van der Waals surface area contributed by atoms with Crippen LogP contribution in [-0.4, -0.2) is 40.0 Å². The molecule has 1 rings (SSSR count). The molecule has 0 heterocycles. The number of halogens is 1. The highest BCUT2D eigenvalue weighted by atomic mass is 35.5. The molecule has 0 saturated heterocycles. The van der Waals surface area contributed by atoms with Crippen molar-refractivity contribution in [3.63, 3.8) is 0 Å². The topological polar surface area (TPSA) is 97.8 Å². The minimum Gasteiger partial charge on any atom is -0.575 e. The Hall–Kier alpha value is -1.70. The molecule has 0 aliphatic carbocycles. The maximum absolute atomic E-state index is 11.7. The van der Waals surface area contributed by atoms with Crippen LogP contribution in [0.15, 0.2) is 24.3 Å². The van der Waals surface area contributed by atoms with Gasteiger partial charge in [-0.3, -0.25) is 31.6 Å². The molecule has 140 valence electrons. The Balaban J connectivity index is 2.84. The zero-order chi connectivity index (χ0) is 18.8. The van der Waals surface area contributed by atoms with E-state index in [1.807, 2.05) is 18.7 Å². The van der Waals surface area contributed by atoms with Crippen LogP contribution in [0.1, 0.15) is 38.7 Å². The van der Waals surface area contributed by atoms with Gasteiger partial charge in [0.15, 0.2) is 0 Å². The SMILES string of the molecule is CC(C)CN(Cc1ccc([N+](=O)[O-])cc1)C(CCCC[N-]Cl)C(=O)O. The molecule has 0 aliphatic heterocycles. The number of carbonyl (C=O) groups is 1. The van der Waals surface area contributed by atoms with Crippen molar-refractivity contribution in [1.29, 1.82) is 0 Å². The van der Waals surface area contributed by atoms with Crippen LogP contribution in [-0.2, 0) is 11.3 Å². The fourth-order valence-electron chi connectivity index (χ4n) is 2.70. The Kier molecular flexibility index (Phi) is 9.41. The van der Waals surface area contributed by atoms with Gasteiger partial charge in [0.25, 0.3) is 5.69 Å². The number of non-ortho nitro benzene ring substituents is 1. The summed E-state index contributed by atoms with van der Waals surface area (Å²) in [5.74, 6) is -0.553. The lowest BCUT2D eigenvalue weighted by Gasteiger charge is -2.30. The number of unbranched alkanes of at least 4 members (excludes halogenated alkanes) is 1. The largest absolute Gasteiger partial charge is 0.575 e. The van der Waals surface area contributed by atoms with E-state index in [0.29, 0.717) is 32.0 Å². The highest BCUT2D eigenvalue weighted by Crippen LogP contribution is 2.19. The number of carboxylic acids is 1. The van der Waals surface area contributed by atoms with Gasteiger partial charge in [-0.05, 0) is 17.9 Å². The van der Waals surface area contributed by atoms with Gasteiger partial charge in [-0.15, -0.1) is 6.54 Å². The number of nitro groups is 1. The number of hydrogen-bond donors (Lipinski definition) is 1.